The van der Waals surface area contributed by atoms with E-state index in [1.54, 1.807) is 24.3 Å². The second-order valence-corrected chi connectivity index (χ2v) is 14.1. The second kappa shape index (κ2) is 17.1. The number of nitrogens with one attached hydrogen (secondary N) is 2. The van der Waals surface area contributed by atoms with E-state index in [1.165, 1.54) is 20.1 Å². The van der Waals surface area contributed by atoms with Crippen molar-refractivity contribution in [3.63, 3.8) is 0 Å². The molecule has 4 N–H and O–H groups in total. The number of ketones is 1. The van der Waals surface area contributed by atoms with Crippen molar-refractivity contribution in [3.8, 4) is 5.75 Å². The zero-order valence-corrected chi connectivity index (χ0v) is 29.4. The average Bonchev–Trinajstić information content (AvgIpc) is 3.91. The van der Waals surface area contributed by atoms with Gasteiger partial charge in [0.25, 0.3) is 0 Å². The number of aliphatic hydroxyl groups is 2. The summed E-state index contributed by atoms with van der Waals surface area (Å²) in [6.07, 6.45) is 14.1. The molecule has 0 saturated heterocycles. The molecule has 0 amide bonds. The predicted molar refractivity (Wildman–Crippen MR) is 196 cm³/mol. The first-order valence-corrected chi connectivity index (χ1v) is 17.6. The van der Waals surface area contributed by atoms with Gasteiger partial charge in [-0.15, -0.1) is 0 Å². The molecule has 9 heteroatoms. The molecule has 3 aliphatic rings. The summed E-state index contributed by atoms with van der Waals surface area (Å²) in [4.78, 5) is 12.4. The lowest BCUT2D eigenvalue weighted by Gasteiger charge is -2.27. The summed E-state index contributed by atoms with van der Waals surface area (Å²) in [5.74, 6) is 1.94. The Balaban J connectivity index is 1.26. The van der Waals surface area contributed by atoms with Crippen LogP contribution in [0.2, 0.25) is 0 Å². The predicted octanol–water partition coefficient (Wildman–Crippen LogP) is 7.45. The lowest BCUT2D eigenvalue weighted by Crippen LogP contribution is -2.30. The largest absolute Gasteiger partial charge is 0.491 e. The SMILES string of the molecule is C=C(C)C(O)C1CC1CCC1C=CC(OC(OCCOc2ccc(C(=O)C(C)(C)O)cc2)c2ccccc2)=C(N/N=C2/C=CCCC2C=N)C1. The smallest absolute Gasteiger partial charge is 0.226 e. The van der Waals surface area contributed by atoms with E-state index in [0.717, 1.165) is 54.6 Å². The summed E-state index contributed by atoms with van der Waals surface area (Å²) in [5.41, 5.74) is 5.64. The number of ether oxygens (including phenoxy) is 3. The van der Waals surface area contributed by atoms with Crippen molar-refractivity contribution in [1.82, 2.24) is 5.43 Å². The second-order valence-electron chi connectivity index (χ2n) is 14.1. The number of hydrogen-bond donors (Lipinski definition) is 4. The van der Waals surface area contributed by atoms with Crippen LogP contribution in [0, 0.1) is 29.1 Å². The number of rotatable bonds is 18. The maximum atomic E-state index is 12.4. The molecule has 2 aromatic rings. The van der Waals surface area contributed by atoms with Gasteiger partial charge in [-0.1, -0.05) is 54.6 Å². The fourth-order valence-electron chi connectivity index (χ4n) is 6.41. The maximum absolute atomic E-state index is 12.4. The van der Waals surface area contributed by atoms with Crippen molar-refractivity contribution in [3.05, 3.63) is 114 Å². The monoisotopic (exact) mass is 681 g/mol. The van der Waals surface area contributed by atoms with Gasteiger partial charge < -0.3 is 29.8 Å². The molecule has 1 fully saturated rings. The highest BCUT2D eigenvalue weighted by Crippen LogP contribution is 2.47. The van der Waals surface area contributed by atoms with Crippen molar-refractivity contribution in [2.45, 2.75) is 77.3 Å². The summed E-state index contributed by atoms with van der Waals surface area (Å²) < 4.78 is 18.7. The average molecular weight is 682 g/mol. The minimum Gasteiger partial charge on any atom is -0.491 e. The number of allylic oxidation sites excluding steroid dienone is 5. The molecule has 5 rings (SSSR count). The molecule has 0 bridgehead atoms. The molecule has 266 valence electrons. The molecular formula is C41H51N3O6. The molecule has 3 aliphatic carbocycles. The molecule has 0 heterocycles. The highest BCUT2D eigenvalue weighted by molar-refractivity contribution is 6.05. The molecule has 50 heavy (non-hydrogen) atoms. The van der Waals surface area contributed by atoms with Gasteiger partial charge in [-0.05, 0) is 113 Å². The Bertz CT molecular complexity index is 1600. The van der Waals surface area contributed by atoms with Crippen LogP contribution in [0.3, 0.4) is 0 Å². The van der Waals surface area contributed by atoms with Crippen LogP contribution in [-0.2, 0) is 9.47 Å². The van der Waals surface area contributed by atoms with Gasteiger partial charge in [-0.3, -0.25) is 10.2 Å². The standard InChI is InChI=1S/C41H51N3O6/c1-27(2)38(45)34-25-31(34)16-14-28-15-21-37(36(24-28)44-43-35-13-9-8-12-32(35)26-42)50-40(30-10-6-5-7-11-30)49-23-22-48-33-19-17-29(18-20-33)39(46)41(3,4)47/h5-7,9-11,13,15,17-21,26,28,31-32,34,38,40,42,44-45,47H,1,8,12,14,16,22-25H2,2-4H3/b42-26?,43-35-. The van der Waals surface area contributed by atoms with Crippen LogP contribution >= 0.6 is 0 Å². The zero-order chi connectivity index (χ0) is 35.7. The maximum Gasteiger partial charge on any atom is 0.226 e. The van der Waals surface area contributed by atoms with Crippen molar-refractivity contribution in [2.24, 2.45) is 28.8 Å². The van der Waals surface area contributed by atoms with E-state index in [0.29, 0.717) is 35.3 Å². The first-order valence-electron chi connectivity index (χ1n) is 17.6. The van der Waals surface area contributed by atoms with Crippen LogP contribution in [-0.4, -0.2) is 52.8 Å². The quantitative estimate of drug-likeness (QED) is 0.0321. The first-order chi connectivity index (χ1) is 24.0. The summed E-state index contributed by atoms with van der Waals surface area (Å²) >= 11 is 0. The van der Waals surface area contributed by atoms with Gasteiger partial charge >= 0.3 is 0 Å². The Hall–Kier alpha value is -4.31. The first kappa shape index (κ1) is 37.0. The van der Waals surface area contributed by atoms with Crippen LogP contribution < -0.4 is 10.2 Å². The van der Waals surface area contributed by atoms with Crippen LogP contribution in [0.25, 0.3) is 0 Å². The minimum atomic E-state index is -1.44. The van der Waals surface area contributed by atoms with E-state index in [9.17, 15) is 15.0 Å². The number of carbonyl (C=O) groups is 1. The highest BCUT2D eigenvalue weighted by atomic mass is 16.7. The summed E-state index contributed by atoms with van der Waals surface area (Å²) in [5, 5.41) is 33.1. The zero-order valence-electron chi connectivity index (χ0n) is 29.4. The number of Topliss-reactive ketones (excluding diaryl/α,β-unsaturated/α-hetero) is 1. The van der Waals surface area contributed by atoms with E-state index in [4.69, 9.17) is 24.7 Å². The van der Waals surface area contributed by atoms with Crippen molar-refractivity contribution in [1.29, 1.82) is 5.41 Å². The molecule has 0 radical (unpaired) electrons. The molecule has 2 aromatic carbocycles. The van der Waals surface area contributed by atoms with E-state index in [2.05, 4.69) is 24.2 Å². The lowest BCUT2D eigenvalue weighted by molar-refractivity contribution is -0.123. The van der Waals surface area contributed by atoms with Gasteiger partial charge in [-0.25, -0.2) is 0 Å². The van der Waals surface area contributed by atoms with Crippen LogP contribution in [0.4, 0.5) is 0 Å². The number of nitrogens with zero attached hydrogens (tertiary/aromatic N) is 1. The normalized spacial score (nSPS) is 23.7. The van der Waals surface area contributed by atoms with Crippen LogP contribution in [0.15, 0.2) is 108 Å². The molecule has 1 saturated carbocycles. The number of hydrazone groups is 1. The van der Waals surface area contributed by atoms with Gasteiger partial charge in [0.05, 0.1) is 24.1 Å². The molecule has 6 atom stereocenters. The Morgan fingerprint density at radius 3 is 2.58 bits per heavy atom. The summed E-state index contributed by atoms with van der Waals surface area (Å²) in [7, 11) is 0. The topological polar surface area (TPSA) is 133 Å². The fourth-order valence-corrected chi connectivity index (χ4v) is 6.41. The van der Waals surface area contributed by atoms with Crippen LogP contribution in [0.1, 0.15) is 81.5 Å². The minimum absolute atomic E-state index is 0.0300. The van der Waals surface area contributed by atoms with E-state index in [-0.39, 0.29) is 30.8 Å². The highest BCUT2D eigenvalue weighted by Gasteiger charge is 2.42. The van der Waals surface area contributed by atoms with Gasteiger partial charge in [0.2, 0.25) is 6.29 Å². The molecular weight excluding hydrogens is 630 g/mol. The van der Waals surface area contributed by atoms with Gasteiger partial charge in [-0.2, -0.15) is 5.10 Å². The molecule has 9 nitrogen and oxygen atoms in total. The number of benzene rings is 2. The summed E-state index contributed by atoms with van der Waals surface area (Å²) in [6.45, 7) is 9.25. The fraction of sp³-hybridized carbons (Fsp3) is 0.439. The summed E-state index contributed by atoms with van der Waals surface area (Å²) in [6, 6.07) is 16.4. The van der Waals surface area contributed by atoms with E-state index in [1.807, 2.05) is 49.4 Å². The van der Waals surface area contributed by atoms with Gasteiger partial charge in [0.1, 0.15) is 23.7 Å². The third-order valence-corrected chi connectivity index (χ3v) is 9.51. The number of hydrogen-bond acceptors (Lipinski definition) is 9. The molecule has 0 aliphatic heterocycles. The number of carbonyl (C=O) groups excluding carboxylic acids is 1. The Morgan fingerprint density at radius 1 is 1.12 bits per heavy atom. The van der Waals surface area contributed by atoms with Crippen molar-refractivity contribution >= 4 is 17.7 Å². The number of aliphatic hydroxyl groups excluding tert-OH is 1. The third-order valence-electron chi connectivity index (χ3n) is 9.51. The Kier molecular flexibility index (Phi) is 12.6. The van der Waals surface area contributed by atoms with Crippen molar-refractivity contribution < 1.29 is 29.2 Å². The van der Waals surface area contributed by atoms with E-state index >= 15 is 0 Å². The molecule has 0 aromatic heterocycles. The van der Waals surface area contributed by atoms with Gasteiger partial charge in [0.15, 0.2) is 5.78 Å². The lowest BCUT2D eigenvalue weighted by atomic mass is 9.91. The Labute approximate surface area is 295 Å². The molecule has 0 spiro atoms. The van der Waals surface area contributed by atoms with E-state index < -0.39 is 18.0 Å². The Morgan fingerprint density at radius 2 is 1.88 bits per heavy atom. The third kappa shape index (κ3) is 10.1. The van der Waals surface area contributed by atoms with Gasteiger partial charge in [0, 0.05) is 23.3 Å². The molecule has 6 unspecified atom stereocenters. The van der Waals surface area contributed by atoms with Crippen LogP contribution in [0.5, 0.6) is 5.75 Å². The van der Waals surface area contributed by atoms with Crippen molar-refractivity contribution in [2.75, 3.05) is 13.2 Å².